The fraction of sp³-hybridized carbons (Fsp3) is 0.0500. The molecule has 1 N–H and O–H groups in total. The molecule has 0 unspecified atom stereocenters. The Hall–Kier alpha value is -3.43. The monoisotopic (exact) mass is 361 g/mol. The molecule has 1 aromatic heterocycles. The molecule has 1 heterocycles. The van der Waals surface area contributed by atoms with Crippen LogP contribution in [0.25, 0.3) is 17.3 Å². The van der Waals surface area contributed by atoms with Gasteiger partial charge in [-0.15, -0.1) is 11.3 Å². The maximum absolute atomic E-state index is 12.4. The molecule has 0 bridgehead atoms. The maximum atomic E-state index is 12.4. The standard InChI is InChI=1S/C20H15N3O2S/c1-25-17-9-7-14(8-10-17)11-16(12-21)19(24)23-20-22-18(13-26-20)15-5-3-2-4-6-15/h2-11,13H,1H3,(H,22,23,24). The second kappa shape index (κ2) is 8.10. The van der Waals surface area contributed by atoms with Crippen molar-refractivity contribution in [3.8, 4) is 23.1 Å². The zero-order chi connectivity index (χ0) is 18.4. The van der Waals surface area contributed by atoms with Crippen LogP contribution in [0.2, 0.25) is 0 Å². The Kier molecular flexibility index (Phi) is 5.42. The lowest BCUT2D eigenvalue weighted by atomic mass is 10.1. The largest absolute Gasteiger partial charge is 0.497 e. The van der Waals surface area contributed by atoms with Crippen LogP contribution in [0.5, 0.6) is 5.75 Å². The van der Waals surface area contributed by atoms with Gasteiger partial charge in [-0.05, 0) is 23.8 Å². The number of hydrogen-bond acceptors (Lipinski definition) is 5. The minimum absolute atomic E-state index is 0.00614. The first-order chi connectivity index (χ1) is 12.7. The average Bonchev–Trinajstić information content (AvgIpc) is 3.15. The maximum Gasteiger partial charge on any atom is 0.268 e. The minimum atomic E-state index is -0.489. The number of anilines is 1. The molecule has 6 heteroatoms. The summed E-state index contributed by atoms with van der Waals surface area (Å²) in [6.07, 6.45) is 1.53. The average molecular weight is 361 g/mol. The molecule has 0 atom stereocenters. The van der Waals surface area contributed by atoms with Gasteiger partial charge < -0.3 is 4.74 Å². The topological polar surface area (TPSA) is 75.0 Å². The Balaban J connectivity index is 1.74. The molecule has 5 nitrogen and oxygen atoms in total. The summed E-state index contributed by atoms with van der Waals surface area (Å²) >= 11 is 1.32. The van der Waals surface area contributed by atoms with E-state index in [1.165, 1.54) is 17.4 Å². The molecule has 2 aromatic carbocycles. The van der Waals surface area contributed by atoms with Gasteiger partial charge in [0.15, 0.2) is 5.13 Å². The molecule has 0 aliphatic carbocycles. The van der Waals surface area contributed by atoms with E-state index in [4.69, 9.17) is 4.74 Å². The Bertz CT molecular complexity index is 970. The fourth-order valence-corrected chi connectivity index (χ4v) is 2.97. The van der Waals surface area contributed by atoms with Crippen molar-refractivity contribution in [2.24, 2.45) is 0 Å². The van der Waals surface area contributed by atoms with E-state index in [9.17, 15) is 10.1 Å². The lowest BCUT2D eigenvalue weighted by molar-refractivity contribution is -0.112. The van der Waals surface area contributed by atoms with Crippen molar-refractivity contribution in [2.75, 3.05) is 12.4 Å². The number of thiazole rings is 1. The number of benzene rings is 2. The minimum Gasteiger partial charge on any atom is -0.497 e. The summed E-state index contributed by atoms with van der Waals surface area (Å²) < 4.78 is 5.09. The van der Waals surface area contributed by atoms with Crippen LogP contribution in [0, 0.1) is 11.3 Å². The van der Waals surface area contributed by atoms with Gasteiger partial charge in [0.2, 0.25) is 0 Å². The highest BCUT2D eigenvalue weighted by molar-refractivity contribution is 7.14. The van der Waals surface area contributed by atoms with Crippen LogP contribution in [0.1, 0.15) is 5.56 Å². The molecule has 128 valence electrons. The van der Waals surface area contributed by atoms with Crippen molar-refractivity contribution in [3.05, 3.63) is 71.1 Å². The number of rotatable bonds is 5. The number of nitrogens with one attached hydrogen (secondary N) is 1. The Morgan fingerprint density at radius 2 is 1.92 bits per heavy atom. The number of carbonyl (C=O) groups excluding carboxylic acids is 1. The van der Waals surface area contributed by atoms with Gasteiger partial charge in [-0.25, -0.2) is 4.98 Å². The van der Waals surface area contributed by atoms with Crippen molar-refractivity contribution in [1.82, 2.24) is 4.98 Å². The summed E-state index contributed by atoms with van der Waals surface area (Å²) in [5.74, 6) is 0.221. The van der Waals surface area contributed by atoms with Crippen molar-refractivity contribution in [2.45, 2.75) is 0 Å². The highest BCUT2D eigenvalue weighted by Gasteiger charge is 2.12. The van der Waals surface area contributed by atoms with Crippen LogP contribution in [0.3, 0.4) is 0 Å². The summed E-state index contributed by atoms with van der Waals surface area (Å²) in [5, 5.41) is 14.3. The van der Waals surface area contributed by atoms with Gasteiger partial charge in [0, 0.05) is 10.9 Å². The van der Waals surface area contributed by atoms with Crippen molar-refractivity contribution >= 4 is 28.5 Å². The predicted molar refractivity (Wildman–Crippen MR) is 103 cm³/mol. The molecule has 0 radical (unpaired) electrons. The van der Waals surface area contributed by atoms with Crippen LogP contribution in [-0.4, -0.2) is 18.0 Å². The van der Waals surface area contributed by atoms with Crippen molar-refractivity contribution in [1.29, 1.82) is 5.26 Å². The van der Waals surface area contributed by atoms with Crippen LogP contribution in [0.4, 0.5) is 5.13 Å². The summed E-state index contributed by atoms with van der Waals surface area (Å²) in [6, 6.07) is 18.7. The molecule has 0 aliphatic rings. The van der Waals surface area contributed by atoms with E-state index >= 15 is 0 Å². The molecule has 1 amide bonds. The predicted octanol–water partition coefficient (Wildman–Crippen LogP) is 4.36. The highest BCUT2D eigenvalue weighted by atomic mass is 32.1. The lowest BCUT2D eigenvalue weighted by Gasteiger charge is -2.02. The van der Waals surface area contributed by atoms with E-state index < -0.39 is 5.91 Å². The lowest BCUT2D eigenvalue weighted by Crippen LogP contribution is -2.13. The first-order valence-electron chi connectivity index (χ1n) is 7.78. The fourth-order valence-electron chi connectivity index (χ4n) is 2.25. The molecular weight excluding hydrogens is 346 g/mol. The SMILES string of the molecule is COc1ccc(C=C(C#N)C(=O)Nc2nc(-c3ccccc3)cs2)cc1. The van der Waals surface area contributed by atoms with E-state index in [1.54, 1.807) is 31.4 Å². The molecule has 3 rings (SSSR count). The van der Waals surface area contributed by atoms with Gasteiger partial charge in [0.1, 0.15) is 17.4 Å². The first-order valence-corrected chi connectivity index (χ1v) is 8.65. The normalized spacial score (nSPS) is 10.8. The second-order valence-electron chi connectivity index (χ2n) is 5.30. The number of aromatic nitrogens is 1. The third kappa shape index (κ3) is 4.15. The number of methoxy groups -OCH3 is 1. The zero-order valence-corrected chi connectivity index (χ0v) is 14.8. The van der Waals surface area contributed by atoms with Crippen molar-refractivity contribution < 1.29 is 9.53 Å². The van der Waals surface area contributed by atoms with Gasteiger partial charge in [-0.3, -0.25) is 10.1 Å². The Labute approximate surface area is 155 Å². The molecule has 0 fully saturated rings. The van der Waals surface area contributed by atoms with Crippen LogP contribution in [0.15, 0.2) is 65.6 Å². The quantitative estimate of drug-likeness (QED) is 0.541. The molecule has 0 saturated heterocycles. The molecule has 26 heavy (non-hydrogen) atoms. The van der Waals surface area contributed by atoms with E-state index in [0.29, 0.717) is 10.9 Å². The van der Waals surface area contributed by atoms with Crippen molar-refractivity contribution in [3.63, 3.8) is 0 Å². The smallest absolute Gasteiger partial charge is 0.268 e. The molecule has 0 spiro atoms. The van der Waals surface area contributed by atoms with E-state index in [-0.39, 0.29) is 5.57 Å². The molecule has 0 saturated carbocycles. The number of nitriles is 1. The summed E-state index contributed by atoms with van der Waals surface area (Å²) in [7, 11) is 1.58. The van der Waals surface area contributed by atoms with E-state index in [0.717, 1.165) is 16.8 Å². The van der Waals surface area contributed by atoms with E-state index in [2.05, 4.69) is 10.3 Å². The third-order valence-corrected chi connectivity index (χ3v) is 4.34. The highest BCUT2D eigenvalue weighted by Crippen LogP contribution is 2.25. The van der Waals surface area contributed by atoms with Crippen LogP contribution < -0.4 is 10.1 Å². The van der Waals surface area contributed by atoms with Gasteiger partial charge >= 0.3 is 0 Å². The third-order valence-electron chi connectivity index (χ3n) is 3.59. The van der Waals surface area contributed by atoms with Crippen LogP contribution in [-0.2, 0) is 4.79 Å². The summed E-state index contributed by atoms with van der Waals surface area (Å²) in [5.41, 5.74) is 2.50. The molecule has 0 aliphatic heterocycles. The van der Waals surface area contributed by atoms with Gasteiger partial charge in [-0.2, -0.15) is 5.26 Å². The number of ether oxygens (including phenoxy) is 1. The Morgan fingerprint density at radius 3 is 2.58 bits per heavy atom. The van der Waals surface area contributed by atoms with Gasteiger partial charge in [0.05, 0.1) is 12.8 Å². The van der Waals surface area contributed by atoms with Gasteiger partial charge in [0.25, 0.3) is 5.91 Å². The summed E-state index contributed by atoms with van der Waals surface area (Å²) in [6.45, 7) is 0. The summed E-state index contributed by atoms with van der Waals surface area (Å²) in [4.78, 5) is 16.8. The number of nitrogens with zero attached hydrogens (tertiary/aromatic N) is 2. The number of amides is 1. The number of hydrogen-bond donors (Lipinski definition) is 1. The number of carbonyl (C=O) groups is 1. The first kappa shape index (κ1) is 17.4. The van der Waals surface area contributed by atoms with E-state index in [1.807, 2.05) is 41.8 Å². The zero-order valence-electron chi connectivity index (χ0n) is 14.0. The Morgan fingerprint density at radius 1 is 1.19 bits per heavy atom. The van der Waals surface area contributed by atoms with Crippen LogP contribution >= 0.6 is 11.3 Å². The molecular formula is C20H15N3O2S. The second-order valence-corrected chi connectivity index (χ2v) is 6.16. The van der Waals surface area contributed by atoms with Gasteiger partial charge in [-0.1, -0.05) is 42.5 Å². The molecule has 3 aromatic rings.